The van der Waals surface area contributed by atoms with Crippen LogP contribution in [0.15, 0.2) is 30.5 Å². The van der Waals surface area contributed by atoms with Crippen molar-refractivity contribution in [2.24, 2.45) is 0 Å². The van der Waals surface area contributed by atoms with E-state index in [1.165, 1.54) is 35.8 Å². The van der Waals surface area contributed by atoms with Gasteiger partial charge in [-0.05, 0) is 12.5 Å². The highest BCUT2D eigenvalue weighted by atomic mass is 32.1. The Morgan fingerprint density at radius 3 is 2.78 bits per heavy atom. The number of anilines is 1. The Balaban J connectivity index is 1.96. The number of hydrogen-bond acceptors (Lipinski definition) is 5. The molecule has 4 nitrogen and oxygen atoms in total. The Bertz CT molecular complexity index is 534. The third kappa shape index (κ3) is 3.07. The van der Waals surface area contributed by atoms with E-state index in [1.807, 2.05) is 0 Å². The number of carbonyl (C=O) groups is 1. The van der Waals surface area contributed by atoms with Crippen LogP contribution in [-0.4, -0.2) is 18.1 Å². The van der Waals surface area contributed by atoms with E-state index in [9.17, 15) is 4.79 Å². The number of benzene rings is 1. The summed E-state index contributed by atoms with van der Waals surface area (Å²) in [6.45, 7) is 2.75. The number of esters is 1. The first kappa shape index (κ1) is 12.6. The van der Waals surface area contributed by atoms with Crippen LogP contribution >= 0.6 is 11.3 Å². The average molecular weight is 262 g/mol. The highest BCUT2D eigenvalue weighted by molar-refractivity contribution is 7.17. The van der Waals surface area contributed by atoms with Crippen LogP contribution in [0.2, 0.25) is 0 Å². The van der Waals surface area contributed by atoms with Crippen LogP contribution < -0.4 is 5.32 Å². The van der Waals surface area contributed by atoms with Gasteiger partial charge in [-0.15, -0.1) is 0 Å². The second kappa shape index (κ2) is 5.64. The number of rotatable bonds is 4. The first-order valence-corrected chi connectivity index (χ1v) is 6.34. The third-order valence-corrected chi connectivity index (χ3v) is 3.39. The molecule has 1 heterocycles. The molecule has 0 aliphatic rings. The fourth-order valence-electron chi connectivity index (χ4n) is 1.43. The van der Waals surface area contributed by atoms with Gasteiger partial charge in [0.25, 0.3) is 0 Å². The van der Waals surface area contributed by atoms with Crippen molar-refractivity contribution in [3.63, 3.8) is 0 Å². The van der Waals surface area contributed by atoms with E-state index in [-0.39, 0.29) is 5.97 Å². The zero-order valence-corrected chi connectivity index (χ0v) is 11.1. The van der Waals surface area contributed by atoms with Gasteiger partial charge in [-0.25, -0.2) is 9.78 Å². The van der Waals surface area contributed by atoms with Crippen LogP contribution in [0.5, 0.6) is 0 Å². The molecule has 0 spiro atoms. The lowest BCUT2D eigenvalue weighted by atomic mass is 10.1. The number of hydrogen-bond donors (Lipinski definition) is 1. The molecule has 5 heteroatoms. The minimum absolute atomic E-state index is 0.351. The summed E-state index contributed by atoms with van der Waals surface area (Å²) in [6.07, 6.45) is 1.52. The normalized spacial score (nSPS) is 10.1. The van der Waals surface area contributed by atoms with Crippen LogP contribution in [-0.2, 0) is 11.3 Å². The van der Waals surface area contributed by atoms with Gasteiger partial charge in [-0.1, -0.05) is 41.2 Å². The SMILES string of the molecule is COC(=O)c1cnc(NCc2ccc(C)cc2)s1. The summed E-state index contributed by atoms with van der Waals surface area (Å²) >= 11 is 1.29. The van der Waals surface area contributed by atoms with Crippen molar-refractivity contribution in [2.75, 3.05) is 12.4 Å². The summed E-state index contributed by atoms with van der Waals surface area (Å²) in [7, 11) is 1.36. The van der Waals surface area contributed by atoms with Gasteiger partial charge in [0.05, 0.1) is 13.3 Å². The van der Waals surface area contributed by atoms with Crippen molar-refractivity contribution in [1.29, 1.82) is 0 Å². The maximum Gasteiger partial charge on any atom is 0.349 e. The Hall–Kier alpha value is -1.88. The predicted octanol–water partition coefficient (Wildman–Crippen LogP) is 2.85. The van der Waals surface area contributed by atoms with E-state index in [0.717, 1.165) is 5.13 Å². The van der Waals surface area contributed by atoms with Crippen molar-refractivity contribution in [3.8, 4) is 0 Å². The molecule has 0 fully saturated rings. The van der Waals surface area contributed by atoms with Gasteiger partial charge in [-0.2, -0.15) is 0 Å². The quantitative estimate of drug-likeness (QED) is 0.861. The largest absolute Gasteiger partial charge is 0.465 e. The van der Waals surface area contributed by atoms with E-state index in [2.05, 4.69) is 46.2 Å². The molecule has 0 unspecified atom stereocenters. The molecular formula is C13H14N2O2S. The van der Waals surface area contributed by atoms with Crippen molar-refractivity contribution in [2.45, 2.75) is 13.5 Å². The third-order valence-electron chi connectivity index (χ3n) is 2.46. The molecule has 1 aromatic carbocycles. The van der Waals surface area contributed by atoms with E-state index >= 15 is 0 Å². The molecule has 0 radical (unpaired) electrons. The summed E-state index contributed by atoms with van der Waals surface area (Å²) in [5.74, 6) is -0.351. The molecule has 0 amide bonds. The Kier molecular flexibility index (Phi) is 3.94. The van der Waals surface area contributed by atoms with Crippen LogP contribution in [0.4, 0.5) is 5.13 Å². The molecular weight excluding hydrogens is 248 g/mol. The maximum absolute atomic E-state index is 11.3. The average Bonchev–Trinajstić information content (AvgIpc) is 2.86. The molecule has 1 aromatic heterocycles. The second-order valence-electron chi connectivity index (χ2n) is 3.86. The first-order valence-electron chi connectivity index (χ1n) is 5.52. The Morgan fingerprint density at radius 1 is 1.39 bits per heavy atom. The minimum atomic E-state index is -0.351. The Labute approximate surface area is 110 Å². The summed E-state index contributed by atoms with van der Waals surface area (Å²) in [6, 6.07) is 8.27. The van der Waals surface area contributed by atoms with Crippen LogP contribution in [0.1, 0.15) is 20.8 Å². The molecule has 0 atom stereocenters. The van der Waals surface area contributed by atoms with E-state index in [1.54, 1.807) is 0 Å². The zero-order chi connectivity index (χ0) is 13.0. The van der Waals surface area contributed by atoms with Crippen LogP contribution in [0.25, 0.3) is 0 Å². The number of aromatic nitrogens is 1. The number of aryl methyl sites for hydroxylation is 1. The number of nitrogens with zero attached hydrogens (tertiary/aromatic N) is 1. The highest BCUT2D eigenvalue weighted by Crippen LogP contribution is 2.19. The molecule has 0 bridgehead atoms. The topological polar surface area (TPSA) is 51.2 Å². The molecule has 0 saturated carbocycles. The molecule has 2 rings (SSSR count). The van der Waals surface area contributed by atoms with Crippen LogP contribution in [0, 0.1) is 6.92 Å². The monoisotopic (exact) mass is 262 g/mol. The highest BCUT2D eigenvalue weighted by Gasteiger charge is 2.09. The van der Waals surface area contributed by atoms with Gasteiger partial charge in [0.2, 0.25) is 0 Å². The zero-order valence-electron chi connectivity index (χ0n) is 10.3. The summed E-state index contributed by atoms with van der Waals surface area (Å²) < 4.78 is 4.63. The predicted molar refractivity (Wildman–Crippen MR) is 72.0 cm³/mol. The summed E-state index contributed by atoms with van der Waals surface area (Å²) in [5.41, 5.74) is 2.41. The van der Waals surface area contributed by atoms with E-state index in [4.69, 9.17) is 0 Å². The van der Waals surface area contributed by atoms with E-state index < -0.39 is 0 Å². The fourth-order valence-corrected chi connectivity index (χ4v) is 2.16. The standard InChI is InChI=1S/C13H14N2O2S/c1-9-3-5-10(6-4-9)7-14-13-15-8-11(18-13)12(16)17-2/h3-6,8H,7H2,1-2H3,(H,14,15). The number of methoxy groups -OCH3 is 1. The lowest BCUT2D eigenvalue weighted by molar-refractivity contribution is 0.0606. The molecule has 0 aliphatic heterocycles. The molecule has 0 saturated heterocycles. The molecule has 94 valence electrons. The van der Waals surface area contributed by atoms with Crippen LogP contribution in [0.3, 0.4) is 0 Å². The van der Waals surface area contributed by atoms with Gasteiger partial charge < -0.3 is 10.1 Å². The fraction of sp³-hybridized carbons (Fsp3) is 0.231. The number of carbonyl (C=O) groups excluding carboxylic acids is 1. The van der Waals surface area contributed by atoms with E-state index in [0.29, 0.717) is 11.4 Å². The van der Waals surface area contributed by atoms with Crippen molar-refractivity contribution in [1.82, 2.24) is 4.98 Å². The Morgan fingerprint density at radius 2 is 2.11 bits per heavy atom. The lowest BCUT2D eigenvalue weighted by Gasteiger charge is -2.02. The number of ether oxygens (including phenoxy) is 1. The molecule has 2 aromatic rings. The smallest absolute Gasteiger partial charge is 0.349 e. The maximum atomic E-state index is 11.3. The van der Waals surface area contributed by atoms with Crippen molar-refractivity contribution < 1.29 is 9.53 Å². The summed E-state index contributed by atoms with van der Waals surface area (Å²) in [5, 5.41) is 3.90. The van der Waals surface area contributed by atoms with Crippen molar-refractivity contribution in [3.05, 3.63) is 46.5 Å². The lowest BCUT2D eigenvalue weighted by Crippen LogP contribution is -1.98. The molecule has 0 aliphatic carbocycles. The molecule has 1 N–H and O–H groups in total. The van der Waals surface area contributed by atoms with Crippen molar-refractivity contribution >= 4 is 22.4 Å². The van der Waals surface area contributed by atoms with Gasteiger partial charge in [-0.3, -0.25) is 0 Å². The van der Waals surface area contributed by atoms with Gasteiger partial charge in [0, 0.05) is 6.54 Å². The second-order valence-corrected chi connectivity index (χ2v) is 4.89. The molecule has 18 heavy (non-hydrogen) atoms. The number of thiazole rings is 1. The van der Waals surface area contributed by atoms with Gasteiger partial charge in [0.15, 0.2) is 5.13 Å². The summed E-state index contributed by atoms with van der Waals surface area (Å²) in [4.78, 5) is 15.9. The first-order chi connectivity index (χ1) is 8.69. The van der Waals surface area contributed by atoms with Gasteiger partial charge >= 0.3 is 5.97 Å². The minimum Gasteiger partial charge on any atom is -0.465 e. The van der Waals surface area contributed by atoms with Gasteiger partial charge in [0.1, 0.15) is 4.88 Å². The number of nitrogens with one attached hydrogen (secondary N) is 1.